The third-order valence-corrected chi connectivity index (χ3v) is 5.93. The first-order chi connectivity index (χ1) is 16.6. The Labute approximate surface area is 209 Å². The third kappa shape index (κ3) is 11.4. The van der Waals surface area contributed by atoms with Crippen LogP contribution in [-0.4, -0.2) is 76.6 Å². The molecule has 4 atom stereocenters. The molecule has 1 aromatic rings. The maximum absolute atomic E-state index is 12.8. The van der Waals surface area contributed by atoms with Crippen molar-refractivity contribution in [3.63, 3.8) is 0 Å². The predicted molar refractivity (Wildman–Crippen MR) is 135 cm³/mol. The van der Waals surface area contributed by atoms with E-state index >= 15 is 0 Å². The largest absolute Gasteiger partial charge is 0.508 e. The second-order valence-electron chi connectivity index (χ2n) is 8.23. The smallest absolute Gasteiger partial charge is 0.326 e. The summed E-state index contributed by atoms with van der Waals surface area (Å²) in [6.45, 7) is 1.87. The highest BCUT2D eigenvalue weighted by atomic mass is 32.2. The van der Waals surface area contributed by atoms with Gasteiger partial charge < -0.3 is 37.6 Å². The minimum atomic E-state index is -1.17. The Hall–Kier alpha value is -2.83. The number of carboxylic acids is 1. The molecule has 0 fully saturated rings. The minimum absolute atomic E-state index is 0.101. The molecule has 0 radical (unpaired) electrons. The van der Waals surface area contributed by atoms with Crippen molar-refractivity contribution in [3.8, 4) is 5.75 Å². The zero-order valence-electron chi connectivity index (χ0n) is 20.2. The van der Waals surface area contributed by atoms with Crippen molar-refractivity contribution in [2.45, 2.75) is 63.2 Å². The van der Waals surface area contributed by atoms with Gasteiger partial charge in [-0.25, -0.2) is 4.79 Å². The Morgan fingerprint density at radius 2 is 1.57 bits per heavy atom. The van der Waals surface area contributed by atoms with Gasteiger partial charge in [0.1, 0.15) is 23.9 Å². The summed E-state index contributed by atoms with van der Waals surface area (Å²) in [4.78, 5) is 49.4. The maximum Gasteiger partial charge on any atom is 0.326 e. The number of hydrogen-bond donors (Lipinski definition) is 7. The molecule has 35 heavy (non-hydrogen) atoms. The highest BCUT2D eigenvalue weighted by Crippen LogP contribution is 2.11. The molecular formula is C23H37N5O6S. The van der Waals surface area contributed by atoms with Crippen molar-refractivity contribution in [1.82, 2.24) is 16.0 Å². The number of aliphatic carboxylic acids is 1. The standard InChI is InChI=1S/C23H37N5O6S/c1-14(20(30)28-19(23(33)34)5-3-4-11-24)26-22(32)18(10-12-35-2)27-21(31)17(25)13-15-6-8-16(29)9-7-15/h6-9,14,17-19,29H,3-5,10-13,24-25H2,1-2H3,(H,26,32)(H,27,31)(H,28,30)(H,33,34). The number of carbonyl (C=O) groups is 4. The first kappa shape index (κ1) is 30.2. The number of aromatic hydroxyl groups is 1. The molecule has 0 aromatic heterocycles. The fourth-order valence-electron chi connectivity index (χ4n) is 3.19. The van der Waals surface area contributed by atoms with Gasteiger partial charge in [0.2, 0.25) is 17.7 Å². The van der Waals surface area contributed by atoms with E-state index in [0.717, 1.165) is 5.56 Å². The first-order valence-electron chi connectivity index (χ1n) is 11.4. The van der Waals surface area contributed by atoms with Gasteiger partial charge in [-0.3, -0.25) is 14.4 Å². The van der Waals surface area contributed by atoms with Crippen LogP contribution in [0.15, 0.2) is 24.3 Å². The van der Waals surface area contributed by atoms with E-state index in [9.17, 15) is 29.4 Å². The van der Waals surface area contributed by atoms with Crippen LogP contribution in [0.4, 0.5) is 0 Å². The summed E-state index contributed by atoms with van der Waals surface area (Å²) in [6.07, 6.45) is 3.79. The molecule has 196 valence electrons. The molecule has 0 bridgehead atoms. The van der Waals surface area contributed by atoms with Crippen molar-refractivity contribution in [2.24, 2.45) is 11.5 Å². The summed E-state index contributed by atoms with van der Waals surface area (Å²) < 4.78 is 0. The normalized spacial score (nSPS) is 14.3. The van der Waals surface area contributed by atoms with Crippen LogP contribution in [0.5, 0.6) is 5.75 Å². The van der Waals surface area contributed by atoms with E-state index < -0.39 is 47.9 Å². The molecule has 0 saturated carbocycles. The van der Waals surface area contributed by atoms with E-state index in [1.54, 1.807) is 12.1 Å². The number of rotatable bonds is 16. The lowest BCUT2D eigenvalue weighted by Gasteiger charge is -2.23. The van der Waals surface area contributed by atoms with Gasteiger partial charge in [0.15, 0.2) is 0 Å². The number of carbonyl (C=O) groups excluding carboxylic acids is 3. The Bertz CT molecular complexity index is 838. The topological polar surface area (TPSA) is 197 Å². The molecule has 0 aliphatic heterocycles. The number of nitrogens with one attached hydrogen (secondary N) is 3. The molecule has 0 saturated heterocycles. The van der Waals surface area contributed by atoms with Crippen LogP contribution < -0.4 is 27.4 Å². The van der Waals surface area contributed by atoms with Crippen molar-refractivity contribution in [3.05, 3.63) is 29.8 Å². The first-order valence-corrected chi connectivity index (χ1v) is 12.8. The number of phenols is 1. The number of unbranched alkanes of at least 4 members (excludes halogenated alkanes) is 1. The zero-order valence-corrected chi connectivity index (χ0v) is 21.0. The van der Waals surface area contributed by atoms with E-state index in [1.165, 1.54) is 30.8 Å². The van der Waals surface area contributed by atoms with E-state index in [1.807, 2.05) is 6.26 Å². The van der Waals surface area contributed by atoms with E-state index in [0.29, 0.717) is 31.6 Å². The molecule has 9 N–H and O–H groups in total. The number of phenolic OH excluding ortho intramolecular Hbond substituents is 1. The molecule has 4 unspecified atom stereocenters. The average molecular weight is 512 g/mol. The van der Waals surface area contributed by atoms with E-state index in [2.05, 4.69) is 16.0 Å². The lowest BCUT2D eigenvalue weighted by molar-refractivity contribution is -0.142. The fraction of sp³-hybridized carbons (Fsp3) is 0.565. The maximum atomic E-state index is 12.8. The van der Waals surface area contributed by atoms with Gasteiger partial charge in [-0.2, -0.15) is 11.8 Å². The second-order valence-corrected chi connectivity index (χ2v) is 9.22. The molecule has 1 aromatic carbocycles. The van der Waals surface area contributed by atoms with Gasteiger partial charge in [0.25, 0.3) is 0 Å². The molecule has 0 aliphatic carbocycles. The van der Waals surface area contributed by atoms with Crippen LogP contribution in [0, 0.1) is 0 Å². The lowest BCUT2D eigenvalue weighted by Crippen LogP contribution is -2.56. The van der Waals surface area contributed by atoms with Gasteiger partial charge in [0, 0.05) is 0 Å². The quantitative estimate of drug-likeness (QED) is 0.146. The summed E-state index contributed by atoms with van der Waals surface area (Å²) in [6, 6.07) is 2.35. The van der Waals surface area contributed by atoms with Crippen LogP contribution in [0.1, 0.15) is 38.2 Å². The fourth-order valence-corrected chi connectivity index (χ4v) is 3.66. The summed E-state index contributed by atoms with van der Waals surface area (Å²) in [7, 11) is 0. The van der Waals surface area contributed by atoms with Crippen LogP contribution >= 0.6 is 11.8 Å². The summed E-state index contributed by atoms with van der Waals surface area (Å²) >= 11 is 1.49. The highest BCUT2D eigenvalue weighted by Gasteiger charge is 2.28. The summed E-state index contributed by atoms with van der Waals surface area (Å²) in [5.41, 5.74) is 12.2. The average Bonchev–Trinajstić information content (AvgIpc) is 2.81. The van der Waals surface area contributed by atoms with E-state index in [-0.39, 0.29) is 18.6 Å². The number of carboxylic acid groups (broad SMARTS) is 1. The monoisotopic (exact) mass is 511 g/mol. The lowest BCUT2D eigenvalue weighted by atomic mass is 10.0. The summed E-state index contributed by atoms with van der Waals surface area (Å²) in [5.74, 6) is -2.22. The number of thioether (sulfide) groups is 1. The highest BCUT2D eigenvalue weighted by molar-refractivity contribution is 7.98. The Morgan fingerprint density at radius 1 is 0.943 bits per heavy atom. The van der Waals surface area contributed by atoms with Crippen molar-refractivity contribution < 1.29 is 29.4 Å². The number of amides is 3. The van der Waals surface area contributed by atoms with Gasteiger partial charge in [-0.1, -0.05) is 12.1 Å². The van der Waals surface area contributed by atoms with Crippen molar-refractivity contribution in [1.29, 1.82) is 0 Å². The molecule has 1 rings (SSSR count). The number of hydrogen-bond acceptors (Lipinski definition) is 8. The van der Waals surface area contributed by atoms with E-state index in [4.69, 9.17) is 11.5 Å². The van der Waals surface area contributed by atoms with Crippen LogP contribution in [0.2, 0.25) is 0 Å². The van der Waals surface area contributed by atoms with Crippen LogP contribution in [0.25, 0.3) is 0 Å². The zero-order chi connectivity index (χ0) is 26.4. The van der Waals surface area contributed by atoms with Crippen molar-refractivity contribution >= 4 is 35.5 Å². The molecule has 12 heteroatoms. The number of nitrogens with two attached hydrogens (primary N) is 2. The molecule has 0 aliphatic rings. The van der Waals surface area contributed by atoms with Gasteiger partial charge in [0.05, 0.1) is 6.04 Å². The minimum Gasteiger partial charge on any atom is -0.508 e. The number of benzene rings is 1. The Balaban J connectivity index is 2.72. The molecule has 0 heterocycles. The van der Waals surface area contributed by atoms with Crippen LogP contribution in [0.3, 0.4) is 0 Å². The summed E-state index contributed by atoms with van der Waals surface area (Å²) in [5, 5.41) is 26.3. The second kappa shape index (κ2) is 16.0. The molecule has 0 spiro atoms. The Kier molecular flexibility index (Phi) is 13.8. The van der Waals surface area contributed by atoms with Crippen molar-refractivity contribution in [2.75, 3.05) is 18.6 Å². The van der Waals surface area contributed by atoms with Gasteiger partial charge >= 0.3 is 5.97 Å². The molecular weight excluding hydrogens is 474 g/mol. The Morgan fingerprint density at radius 3 is 2.14 bits per heavy atom. The van der Waals surface area contributed by atoms with Gasteiger partial charge in [-0.05, 0) is 75.3 Å². The molecule has 11 nitrogen and oxygen atoms in total. The third-order valence-electron chi connectivity index (χ3n) is 5.29. The SMILES string of the molecule is CSCCC(NC(=O)C(N)Cc1ccc(O)cc1)C(=O)NC(C)C(=O)NC(CCCCN)C(=O)O. The van der Waals surface area contributed by atoms with Gasteiger partial charge in [-0.15, -0.1) is 0 Å². The predicted octanol–water partition coefficient (Wildman–Crippen LogP) is -0.297. The molecule has 3 amide bonds. The van der Waals surface area contributed by atoms with Crippen LogP contribution in [-0.2, 0) is 25.6 Å².